The van der Waals surface area contributed by atoms with Crippen LogP contribution in [-0.2, 0) is 16.1 Å². The number of halogens is 3. The second-order valence-electron chi connectivity index (χ2n) is 7.25. The average molecular weight is 514 g/mol. The van der Waals surface area contributed by atoms with E-state index in [1.807, 2.05) is 20.8 Å². The van der Waals surface area contributed by atoms with Crippen LogP contribution < -0.4 is 10.1 Å². The van der Waals surface area contributed by atoms with Crippen molar-refractivity contribution in [3.63, 3.8) is 0 Å². The predicted octanol–water partition coefficient (Wildman–Crippen LogP) is 5.34. The third-order valence-electron chi connectivity index (χ3n) is 4.90. The molecule has 0 unspecified atom stereocenters. The number of hydrogen-bond acceptors (Lipinski definition) is 3. The lowest BCUT2D eigenvalue weighted by Gasteiger charge is -2.31. The van der Waals surface area contributed by atoms with E-state index in [2.05, 4.69) is 21.2 Å². The highest BCUT2D eigenvalue weighted by atomic mass is 79.9. The van der Waals surface area contributed by atoms with Gasteiger partial charge in [0.15, 0.2) is 6.61 Å². The zero-order valence-electron chi connectivity index (χ0n) is 17.8. The molecule has 0 aromatic heterocycles. The van der Waals surface area contributed by atoms with E-state index in [1.165, 1.54) is 17.0 Å². The molecule has 0 fully saturated rings. The third-order valence-corrected chi connectivity index (χ3v) is 5.75. The van der Waals surface area contributed by atoms with Crippen LogP contribution in [0.1, 0.15) is 39.2 Å². The Morgan fingerprint density at radius 1 is 1.16 bits per heavy atom. The van der Waals surface area contributed by atoms with Crippen molar-refractivity contribution in [3.05, 3.63) is 63.3 Å². The van der Waals surface area contributed by atoms with Gasteiger partial charge >= 0.3 is 0 Å². The van der Waals surface area contributed by atoms with Crippen molar-refractivity contribution < 1.29 is 18.7 Å². The fraction of sp³-hybridized carbons (Fsp3) is 0.391. The highest BCUT2D eigenvalue weighted by Crippen LogP contribution is 2.28. The first-order valence-corrected chi connectivity index (χ1v) is 11.3. The summed E-state index contributed by atoms with van der Waals surface area (Å²) in [5.41, 5.74) is 0.720. The van der Waals surface area contributed by atoms with Crippen molar-refractivity contribution in [1.82, 2.24) is 10.2 Å². The van der Waals surface area contributed by atoms with Crippen molar-refractivity contribution in [2.75, 3.05) is 6.61 Å². The smallest absolute Gasteiger partial charge is 0.261 e. The number of nitrogens with zero attached hydrogens (tertiary/aromatic N) is 1. The van der Waals surface area contributed by atoms with Crippen LogP contribution in [0.2, 0.25) is 5.02 Å². The van der Waals surface area contributed by atoms with Crippen LogP contribution in [-0.4, -0.2) is 35.4 Å². The summed E-state index contributed by atoms with van der Waals surface area (Å²) in [5.74, 6) is -0.465. The van der Waals surface area contributed by atoms with Gasteiger partial charge in [0.2, 0.25) is 5.91 Å². The number of ether oxygens (including phenoxy) is 1. The SMILES string of the molecule is CC[C@@H](C)NC(=O)[C@H](CC)N(Cc1ccc(F)cc1)C(=O)COc1ccc(Cl)cc1Br. The maximum absolute atomic E-state index is 13.3. The monoisotopic (exact) mass is 512 g/mol. The van der Waals surface area contributed by atoms with Gasteiger partial charge < -0.3 is 15.0 Å². The Morgan fingerprint density at radius 3 is 2.42 bits per heavy atom. The molecule has 168 valence electrons. The summed E-state index contributed by atoms with van der Waals surface area (Å²) in [4.78, 5) is 27.5. The van der Waals surface area contributed by atoms with Gasteiger partial charge in [-0.1, -0.05) is 37.6 Å². The maximum atomic E-state index is 13.3. The molecule has 1 N–H and O–H groups in total. The zero-order valence-corrected chi connectivity index (χ0v) is 20.2. The first-order valence-electron chi connectivity index (χ1n) is 10.2. The van der Waals surface area contributed by atoms with E-state index in [0.717, 1.165) is 12.0 Å². The Bertz CT molecular complexity index is 895. The summed E-state index contributed by atoms with van der Waals surface area (Å²) in [6.07, 6.45) is 1.21. The Kier molecular flexibility index (Phi) is 9.78. The molecule has 0 bridgehead atoms. The Hall–Kier alpha value is -2.12. The summed E-state index contributed by atoms with van der Waals surface area (Å²) >= 11 is 9.31. The number of amides is 2. The van der Waals surface area contributed by atoms with Crippen LogP contribution in [0, 0.1) is 5.82 Å². The van der Waals surface area contributed by atoms with E-state index in [0.29, 0.717) is 21.7 Å². The second kappa shape index (κ2) is 12.1. The standard InChI is InChI=1S/C23H27BrClFN2O3/c1-4-15(3)27-23(30)20(5-2)28(13-16-6-9-18(26)10-7-16)22(29)14-31-21-11-8-17(25)12-19(21)24/h6-12,15,20H,4-5,13-14H2,1-3H3,(H,27,30)/t15-,20+/m1/s1. The molecule has 31 heavy (non-hydrogen) atoms. The van der Waals surface area contributed by atoms with Crippen LogP contribution in [0.15, 0.2) is 46.9 Å². The molecular formula is C23H27BrClFN2O3. The molecule has 2 atom stereocenters. The van der Waals surface area contributed by atoms with Crippen molar-refractivity contribution in [2.45, 2.75) is 52.2 Å². The van der Waals surface area contributed by atoms with Gasteiger partial charge in [-0.2, -0.15) is 0 Å². The van der Waals surface area contributed by atoms with E-state index in [4.69, 9.17) is 16.3 Å². The summed E-state index contributed by atoms with van der Waals surface area (Å²) in [6.45, 7) is 5.65. The van der Waals surface area contributed by atoms with Gasteiger partial charge in [0.25, 0.3) is 5.91 Å². The molecule has 0 aliphatic rings. The third kappa shape index (κ3) is 7.51. The molecule has 0 saturated carbocycles. The van der Waals surface area contributed by atoms with E-state index >= 15 is 0 Å². The lowest BCUT2D eigenvalue weighted by molar-refractivity contribution is -0.143. The summed E-state index contributed by atoms with van der Waals surface area (Å²) in [7, 11) is 0. The fourth-order valence-electron chi connectivity index (χ4n) is 2.96. The van der Waals surface area contributed by atoms with Crippen LogP contribution in [0.4, 0.5) is 4.39 Å². The van der Waals surface area contributed by atoms with Gasteiger partial charge in [-0.25, -0.2) is 4.39 Å². The molecule has 0 radical (unpaired) electrons. The molecule has 0 aliphatic carbocycles. The largest absolute Gasteiger partial charge is 0.483 e. The van der Waals surface area contributed by atoms with Crippen molar-refractivity contribution in [1.29, 1.82) is 0 Å². The zero-order chi connectivity index (χ0) is 23.0. The minimum Gasteiger partial charge on any atom is -0.483 e. The van der Waals surface area contributed by atoms with Crippen molar-refractivity contribution in [2.24, 2.45) is 0 Å². The average Bonchev–Trinajstić information content (AvgIpc) is 2.74. The maximum Gasteiger partial charge on any atom is 0.261 e. The number of carbonyl (C=O) groups is 2. The van der Waals surface area contributed by atoms with E-state index < -0.39 is 6.04 Å². The van der Waals surface area contributed by atoms with Crippen LogP contribution in [0.5, 0.6) is 5.75 Å². The lowest BCUT2D eigenvalue weighted by Crippen LogP contribution is -2.51. The molecule has 2 aromatic rings. The minimum atomic E-state index is -0.677. The Balaban J connectivity index is 2.22. The fourth-order valence-corrected chi connectivity index (χ4v) is 3.76. The topological polar surface area (TPSA) is 58.6 Å². The molecule has 2 rings (SSSR count). The molecule has 8 heteroatoms. The Labute approximate surface area is 196 Å². The lowest BCUT2D eigenvalue weighted by atomic mass is 10.1. The number of hydrogen-bond donors (Lipinski definition) is 1. The van der Waals surface area contributed by atoms with E-state index in [1.54, 1.807) is 30.3 Å². The molecule has 5 nitrogen and oxygen atoms in total. The van der Waals surface area contributed by atoms with E-state index in [9.17, 15) is 14.0 Å². The highest BCUT2D eigenvalue weighted by Gasteiger charge is 2.29. The normalized spacial score (nSPS) is 12.7. The van der Waals surface area contributed by atoms with Gasteiger partial charge in [-0.15, -0.1) is 0 Å². The summed E-state index contributed by atoms with van der Waals surface area (Å²) < 4.78 is 19.6. The van der Waals surface area contributed by atoms with Gasteiger partial charge in [0.05, 0.1) is 4.47 Å². The highest BCUT2D eigenvalue weighted by molar-refractivity contribution is 9.10. The van der Waals surface area contributed by atoms with Crippen LogP contribution in [0.3, 0.4) is 0 Å². The molecule has 2 amide bonds. The van der Waals surface area contributed by atoms with Gasteiger partial charge in [-0.05, 0) is 71.6 Å². The van der Waals surface area contributed by atoms with Crippen LogP contribution >= 0.6 is 27.5 Å². The Morgan fingerprint density at radius 2 is 1.84 bits per heavy atom. The second-order valence-corrected chi connectivity index (χ2v) is 8.54. The minimum absolute atomic E-state index is 0.00871. The summed E-state index contributed by atoms with van der Waals surface area (Å²) in [6, 6.07) is 10.2. The van der Waals surface area contributed by atoms with E-state index in [-0.39, 0.29) is 36.8 Å². The predicted molar refractivity (Wildman–Crippen MR) is 124 cm³/mol. The first-order chi connectivity index (χ1) is 14.7. The molecular weight excluding hydrogens is 487 g/mol. The van der Waals surface area contributed by atoms with Gasteiger partial charge in [0.1, 0.15) is 17.6 Å². The van der Waals surface area contributed by atoms with Gasteiger partial charge in [-0.3, -0.25) is 9.59 Å². The molecule has 0 spiro atoms. The molecule has 0 aliphatic heterocycles. The molecule has 2 aromatic carbocycles. The number of rotatable bonds is 10. The molecule has 0 saturated heterocycles. The molecule has 0 heterocycles. The first kappa shape index (κ1) is 25.1. The van der Waals surface area contributed by atoms with Crippen molar-refractivity contribution in [3.8, 4) is 5.75 Å². The number of nitrogens with one attached hydrogen (secondary N) is 1. The quantitative estimate of drug-likeness (QED) is 0.466. The number of carbonyl (C=O) groups excluding carboxylic acids is 2. The van der Waals surface area contributed by atoms with Crippen molar-refractivity contribution >= 4 is 39.3 Å². The van der Waals surface area contributed by atoms with Crippen LogP contribution in [0.25, 0.3) is 0 Å². The summed E-state index contributed by atoms with van der Waals surface area (Å²) in [5, 5.41) is 3.48. The van der Waals surface area contributed by atoms with Gasteiger partial charge in [0, 0.05) is 17.6 Å². The number of benzene rings is 2.